The molecule has 3 N–H and O–H groups in total. The van der Waals surface area contributed by atoms with E-state index in [1.165, 1.54) is 270 Å². The maximum atomic E-state index is 12.8. The molecular weight excluding hydrogens is 1240 g/mol. The van der Waals surface area contributed by atoms with Gasteiger partial charge in [0.05, 0.1) is 13.2 Å². The fraction of sp³-hybridized carbons (Fsp3) is 0.753. The van der Waals surface area contributed by atoms with Crippen molar-refractivity contribution in [2.45, 2.75) is 405 Å². The molecule has 0 aromatic carbocycles. The van der Waals surface area contributed by atoms with Crippen molar-refractivity contribution in [2.75, 3.05) is 26.4 Å². The number of hydrogen-bond acceptors (Lipinski definition) is 8. The Kier molecular flexibility index (Phi) is 80.3. The molecule has 0 aliphatic carbocycles. The zero-order chi connectivity index (χ0) is 71.5. The highest BCUT2D eigenvalue weighted by atomic mass is 31.2. The van der Waals surface area contributed by atoms with Crippen molar-refractivity contribution in [1.82, 2.24) is 0 Å². The van der Waals surface area contributed by atoms with Gasteiger partial charge >= 0.3 is 19.8 Å². The minimum atomic E-state index is -4.40. The summed E-state index contributed by atoms with van der Waals surface area (Å²) in [5.74, 6) is -0.813. The lowest BCUT2D eigenvalue weighted by atomic mass is 10.0. The standard InChI is InChI=1S/C89H158NO8P/c1-3-5-7-9-11-13-15-17-19-21-23-25-27-29-31-33-35-37-39-41-42-43-44-46-47-49-51-53-55-57-59-61-63-65-67-69-71-73-75-77-79-81-88(91)95-85-87(86-97-99(93,94)96-84-83-90)98-89(92)82-80-78-76-74-72-70-68-66-64-62-60-58-56-54-52-50-48-45-40-38-36-34-32-30-28-26-24-22-20-18-16-14-12-10-8-6-4-2/h6,8,12,14-15,17-18,20-21,23-24,26-27,29-30,32,36,38,45,48,87H,3-5,7,9-11,13,16,19,22,25,28,31,33-35,37,39-44,46-47,49-86,90H2,1-2H3,(H,93,94)/b8-6-,14-12-,17-15-,20-18-,23-21-,26-24-,29-27-,32-30-,38-36-,48-45-. The van der Waals surface area contributed by atoms with Crippen molar-refractivity contribution >= 4 is 19.8 Å². The predicted molar refractivity (Wildman–Crippen MR) is 431 cm³/mol. The van der Waals surface area contributed by atoms with Crippen LogP contribution in [-0.2, 0) is 32.7 Å². The van der Waals surface area contributed by atoms with Crippen molar-refractivity contribution in [1.29, 1.82) is 0 Å². The molecule has 0 aliphatic rings. The summed E-state index contributed by atoms with van der Waals surface area (Å²) in [7, 11) is -4.40. The third-order valence-corrected chi connectivity index (χ3v) is 19.3. The van der Waals surface area contributed by atoms with Gasteiger partial charge in [-0.1, -0.05) is 399 Å². The van der Waals surface area contributed by atoms with Crippen LogP contribution in [0.4, 0.5) is 0 Å². The normalized spacial score (nSPS) is 13.5. The average Bonchev–Trinajstić information content (AvgIpc) is 1.64. The Morgan fingerprint density at radius 2 is 0.556 bits per heavy atom. The molecule has 0 fully saturated rings. The Bertz CT molecular complexity index is 2050. The maximum Gasteiger partial charge on any atom is 0.472 e. The SMILES string of the molecule is CC/C=C\C/C=C\C/C=C\C/C=C\C/C=C\C/C=C\C/C=C\CCCCCCCCCCCCCCCCCC(=O)OC(COC(=O)CCCCCCCCCCCCCCCCCCCCCCCCCCCC/C=C\C/C=C\C/C=C\CCCCCCC)COP(=O)(O)OCCN. The first-order chi connectivity index (χ1) is 48.8. The Balaban J connectivity index is 3.78. The molecule has 99 heavy (non-hydrogen) atoms. The van der Waals surface area contributed by atoms with Gasteiger partial charge in [0, 0.05) is 19.4 Å². The van der Waals surface area contributed by atoms with Gasteiger partial charge in [-0.15, -0.1) is 0 Å². The number of phosphoric acid groups is 1. The zero-order valence-corrected chi connectivity index (χ0v) is 65.6. The first-order valence-electron chi connectivity index (χ1n) is 42.0. The molecule has 0 amide bonds. The fourth-order valence-corrected chi connectivity index (χ4v) is 12.9. The van der Waals surface area contributed by atoms with Gasteiger partial charge in [0.1, 0.15) is 6.61 Å². The second kappa shape index (κ2) is 83.4. The van der Waals surface area contributed by atoms with E-state index in [9.17, 15) is 19.0 Å². The van der Waals surface area contributed by atoms with Gasteiger partial charge in [-0.25, -0.2) is 4.57 Å². The van der Waals surface area contributed by atoms with Gasteiger partial charge in [-0.05, 0) is 109 Å². The summed E-state index contributed by atoms with van der Waals surface area (Å²) in [5.41, 5.74) is 5.42. The molecular formula is C89H158NO8P. The molecule has 0 radical (unpaired) electrons. The highest BCUT2D eigenvalue weighted by Crippen LogP contribution is 2.43. The van der Waals surface area contributed by atoms with Crippen LogP contribution < -0.4 is 5.73 Å². The lowest BCUT2D eigenvalue weighted by molar-refractivity contribution is -0.161. The van der Waals surface area contributed by atoms with E-state index in [2.05, 4.69) is 135 Å². The largest absolute Gasteiger partial charge is 0.472 e. The number of rotatable bonds is 79. The Morgan fingerprint density at radius 1 is 0.313 bits per heavy atom. The number of phosphoric ester groups is 1. The number of ether oxygens (including phenoxy) is 2. The number of carbonyl (C=O) groups is 2. The van der Waals surface area contributed by atoms with Gasteiger partial charge < -0.3 is 20.1 Å². The van der Waals surface area contributed by atoms with Crippen LogP contribution in [0.3, 0.4) is 0 Å². The smallest absolute Gasteiger partial charge is 0.462 e. The van der Waals surface area contributed by atoms with E-state index in [0.717, 1.165) is 96.3 Å². The number of carbonyl (C=O) groups excluding carboxylic acids is 2. The number of nitrogens with two attached hydrogens (primary N) is 1. The predicted octanol–water partition coefficient (Wildman–Crippen LogP) is 28.5. The molecule has 572 valence electrons. The molecule has 0 bridgehead atoms. The van der Waals surface area contributed by atoms with Crippen molar-refractivity contribution in [3.05, 3.63) is 122 Å². The molecule has 0 saturated heterocycles. The fourth-order valence-electron chi connectivity index (χ4n) is 12.2. The van der Waals surface area contributed by atoms with E-state index < -0.39 is 26.5 Å². The molecule has 10 heteroatoms. The minimum absolute atomic E-state index is 0.0517. The first-order valence-corrected chi connectivity index (χ1v) is 43.5. The molecule has 0 aliphatic heterocycles. The number of allylic oxidation sites excluding steroid dienone is 20. The van der Waals surface area contributed by atoms with Crippen molar-refractivity contribution in [3.8, 4) is 0 Å². The van der Waals surface area contributed by atoms with E-state index in [1.54, 1.807) is 0 Å². The summed E-state index contributed by atoms with van der Waals surface area (Å²) in [6.07, 6.45) is 118. The van der Waals surface area contributed by atoms with Gasteiger partial charge in [-0.3, -0.25) is 18.6 Å². The van der Waals surface area contributed by atoms with E-state index in [1.807, 2.05) is 0 Å². The second-order valence-corrected chi connectivity index (χ2v) is 29.4. The molecule has 0 rings (SSSR count). The molecule has 0 aromatic rings. The highest BCUT2D eigenvalue weighted by molar-refractivity contribution is 7.47. The quantitative estimate of drug-likeness (QED) is 0.0264. The van der Waals surface area contributed by atoms with Crippen LogP contribution in [-0.4, -0.2) is 49.3 Å². The van der Waals surface area contributed by atoms with Crippen LogP contribution in [0.1, 0.15) is 399 Å². The third-order valence-electron chi connectivity index (χ3n) is 18.3. The van der Waals surface area contributed by atoms with Gasteiger partial charge in [-0.2, -0.15) is 0 Å². The summed E-state index contributed by atoms with van der Waals surface area (Å²) < 4.78 is 33.3. The summed E-state index contributed by atoms with van der Waals surface area (Å²) in [5, 5.41) is 0. The van der Waals surface area contributed by atoms with Crippen LogP contribution in [0.25, 0.3) is 0 Å². The number of unbranched alkanes of at least 4 members (excludes halogenated alkanes) is 46. The maximum absolute atomic E-state index is 12.8. The van der Waals surface area contributed by atoms with Crippen molar-refractivity contribution < 1.29 is 37.6 Å². The molecule has 9 nitrogen and oxygen atoms in total. The van der Waals surface area contributed by atoms with Crippen LogP contribution >= 0.6 is 7.82 Å². The van der Waals surface area contributed by atoms with Crippen molar-refractivity contribution in [3.63, 3.8) is 0 Å². The monoisotopic (exact) mass is 1400 g/mol. The van der Waals surface area contributed by atoms with E-state index in [0.29, 0.717) is 6.42 Å². The van der Waals surface area contributed by atoms with Gasteiger partial charge in [0.25, 0.3) is 0 Å². The Hall–Kier alpha value is -3.59. The van der Waals surface area contributed by atoms with Crippen LogP contribution in [0.5, 0.6) is 0 Å². The zero-order valence-electron chi connectivity index (χ0n) is 64.7. The minimum Gasteiger partial charge on any atom is -0.462 e. The third kappa shape index (κ3) is 83.2. The van der Waals surface area contributed by atoms with Gasteiger partial charge in [0.15, 0.2) is 6.10 Å². The van der Waals surface area contributed by atoms with Gasteiger partial charge in [0.2, 0.25) is 0 Å². The number of hydrogen-bond donors (Lipinski definition) is 2. The first kappa shape index (κ1) is 95.4. The van der Waals surface area contributed by atoms with E-state index in [-0.39, 0.29) is 38.6 Å². The summed E-state index contributed by atoms with van der Waals surface area (Å²) in [4.78, 5) is 35.5. The van der Waals surface area contributed by atoms with Crippen LogP contribution in [0, 0.1) is 0 Å². The van der Waals surface area contributed by atoms with Crippen molar-refractivity contribution in [2.24, 2.45) is 5.73 Å². The second-order valence-electron chi connectivity index (χ2n) is 28.0. The Morgan fingerprint density at radius 3 is 0.828 bits per heavy atom. The molecule has 0 aromatic heterocycles. The summed E-state index contributed by atoms with van der Waals surface area (Å²) >= 11 is 0. The topological polar surface area (TPSA) is 134 Å². The number of esters is 2. The lowest BCUT2D eigenvalue weighted by Gasteiger charge is -2.19. The van der Waals surface area contributed by atoms with Crippen LogP contribution in [0.2, 0.25) is 0 Å². The van der Waals surface area contributed by atoms with E-state index in [4.69, 9.17) is 24.3 Å². The molecule has 0 heterocycles. The average molecular weight is 1400 g/mol. The summed E-state index contributed by atoms with van der Waals surface area (Å²) in [6, 6.07) is 0. The van der Waals surface area contributed by atoms with Crippen LogP contribution in [0.15, 0.2) is 122 Å². The Labute approximate surface area is 612 Å². The summed E-state index contributed by atoms with van der Waals surface area (Å²) in [6.45, 7) is 3.67. The van der Waals surface area contributed by atoms with E-state index >= 15 is 0 Å². The lowest BCUT2D eigenvalue weighted by Crippen LogP contribution is -2.29. The molecule has 0 spiro atoms. The molecule has 2 unspecified atom stereocenters. The molecule has 2 atom stereocenters. The highest BCUT2D eigenvalue weighted by Gasteiger charge is 2.26. The molecule has 0 saturated carbocycles.